The molecule has 148 valence electrons. The fraction of sp³-hybridized carbons (Fsp3) is 0.667. The summed E-state index contributed by atoms with van der Waals surface area (Å²) in [6.45, 7) is 8.82. The largest absolute Gasteiger partial charge is 0.459 e. The Labute approximate surface area is 173 Å². The van der Waals surface area contributed by atoms with E-state index in [0.717, 1.165) is 57.2 Å². The van der Waals surface area contributed by atoms with E-state index < -0.39 is 0 Å². The van der Waals surface area contributed by atoms with Gasteiger partial charge >= 0.3 is 0 Å². The first-order chi connectivity index (χ1) is 12.2. The number of aliphatic imine (C=N–C) groups is 1. The number of halogens is 1. The smallest absolute Gasteiger partial charge is 0.287 e. The van der Waals surface area contributed by atoms with Gasteiger partial charge in [0.25, 0.3) is 5.91 Å². The second-order valence-electron chi connectivity index (χ2n) is 6.28. The third-order valence-electron chi connectivity index (χ3n) is 4.35. The fourth-order valence-electron chi connectivity index (χ4n) is 2.95. The molecule has 1 fully saturated rings. The van der Waals surface area contributed by atoms with Gasteiger partial charge in [0.05, 0.1) is 12.9 Å². The number of rotatable bonds is 8. The molecule has 7 nitrogen and oxygen atoms in total. The van der Waals surface area contributed by atoms with Gasteiger partial charge in [-0.05, 0) is 32.8 Å². The Morgan fingerprint density at radius 3 is 2.85 bits per heavy atom. The quantitative estimate of drug-likeness (QED) is 0.260. The predicted molar refractivity (Wildman–Crippen MR) is 113 cm³/mol. The number of nitrogens with one attached hydrogen (secondary N) is 2. The lowest BCUT2D eigenvalue weighted by molar-refractivity contribution is 0.0925. The Morgan fingerprint density at radius 1 is 1.42 bits per heavy atom. The van der Waals surface area contributed by atoms with Crippen LogP contribution in [-0.4, -0.2) is 63.2 Å². The van der Waals surface area contributed by atoms with Crippen molar-refractivity contribution in [2.24, 2.45) is 10.9 Å². The molecule has 1 aromatic rings. The van der Waals surface area contributed by atoms with Crippen LogP contribution in [0, 0.1) is 12.8 Å². The monoisotopic (exact) mass is 478 g/mol. The molecule has 2 heterocycles. The number of ether oxygens (including phenoxy) is 1. The minimum Gasteiger partial charge on any atom is -0.459 e. The van der Waals surface area contributed by atoms with Crippen LogP contribution in [0.3, 0.4) is 0 Å². The number of nitrogens with zero attached hydrogens (tertiary/aromatic N) is 2. The average molecular weight is 478 g/mol. The molecule has 0 radical (unpaired) electrons. The number of aryl methyl sites for hydroxylation is 1. The number of hydrogen-bond acceptors (Lipinski definition) is 4. The van der Waals surface area contributed by atoms with Gasteiger partial charge in [0.1, 0.15) is 0 Å². The minimum absolute atomic E-state index is 0. The van der Waals surface area contributed by atoms with Crippen molar-refractivity contribution in [3.05, 3.63) is 23.7 Å². The summed E-state index contributed by atoms with van der Waals surface area (Å²) < 4.78 is 10.7. The molecule has 1 aliphatic rings. The first-order valence-electron chi connectivity index (χ1n) is 9.01. The third kappa shape index (κ3) is 6.79. The van der Waals surface area contributed by atoms with Gasteiger partial charge in [-0.25, -0.2) is 0 Å². The van der Waals surface area contributed by atoms with Crippen molar-refractivity contribution in [1.82, 2.24) is 15.5 Å². The first-order valence-corrected chi connectivity index (χ1v) is 9.01. The van der Waals surface area contributed by atoms with Gasteiger partial charge in [-0.2, -0.15) is 0 Å². The third-order valence-corrected chi connectivity index (χ3v) is 4.35. The molecular weight excluding hydrogens is 447 g/mol. The Morgan fingerprint density at radius 2 is 2.19 bits per heavy atom. The minimum atomic E-state index is -0.162. The highest BCUT2D eigenvalue weighted by Crippen LogP contribution is 2.16. The van der Waals surface area contributed by atoms with E-state index in [4.69, 9.17) is 9.15 Å². The Kier molecular flexibility index (Phi) is 10.6. The molecule has 0 bridgehead atoms. The molecule has 1 aliphatic heterocycles. The van der Waals surface area contributed by atoms with E-state index in [9.17, 15) is 4.79 Å². The summed E-state index contributed by atoms with van der Waals surface area (Å²) in [5.41, 5.74) is 0.853. The molecule has 8 heteroatoms. The lowest BCUT2D eigenvalue weighted by atomic mass is 10.1. The summed E-state index contributed by atoms with van der Waals surface area (Å²) >= 11 is 0. The number of likely N-dealkylation sites (tertiary alicyclic amines) is 1. The van der Waals surface area contributed by atoms with Crippen molar-refractivity contribution in [1.29, 1.82) is 0 Å². The van der Waals surface area contributed by atoms with E-state index >= 15 is 0 Å². The van der Waals surface area contributed by atoms with Gasteiger partial charge < -0.3 is 24.7 Å². The molecule has 0 aliphatic carbocycles. The molecule has 2 rings (SSSR count). The van der Waals surface area contributed by atoms with Gasteiger partial charge in [-0.1, -0.05) is 0 Å². The highest BCUT2D eigenvalue weighted by Gasteiger charge is 2.24. The molecule has 0 spiro atoms. The number of furan rings is 1. The molecule has 1 saturated heterocycles. The molecule has 0 aromatic carbocycles. The molecule has 1 amide bonds. The molecule has 1 atom stereocenters. The van der Waals surface area contributed by atoms with E-state index in [-0.39, 0.29) is 29.9 Å². The van der Waals surface area contributed by atoms with Crippen LogP contribution in [0.5, 0.6) is 0 Å². The molecule has 26 heavy (non-hydrogen) atoms. The van der Waals surface area contributed by atoms with Crippen LogP contribution >= 0.6 is 24.0 Å². The summed E-state index contributed by atoms with van der Waals surface area (Å²) in [6.07, 6.45) is 3.49. The highest BCUT2D eigenvalue weighted by molar-refractivity contribution is 14.0. The van der Waals surface area contributed by atoms with Gasteiger partial charge in [0, 0.05) is 51.3 Å². The standard InChI is InChI=1S/C18H30N4O3.HI/c1-4-24-13-15-6-10-22(12-15)18(19-3)21-9-5-8-20-17(23)16-14(2)7-11-25-16;/h7,11,15H,4-6,8-10,12-13H2,1-3H3,(H,19,21)(H,20,23);1H. The Hall–Kier alpha value is -1.29. The van der Waals surface area contributed by atoms with Crippen LogP contribution in [0.25, 0.3) is 0 Å². The number of carbonyl (C=O) groups excluding carboxylic acids is 1. The summed E-state index contributed by atoms with van der Waals surface area (Å²) in [5.74, 6) is 1.73. The normalized spacial score (nSPS) is 17.1. The molecule has 1 aromatic heterocycles. The Balaban J connectivity index is 0.00000338. The van der Waals surface area contributed by atoms with E-state index in [1.807, 2.05) is 13.8 Å². The maximum absolute atomic E-state index is 11.9. The second kappa shape index (κ2) is 12.2. The zero-order valence-corrected chi connectivity index (χ0v) is 18.2. The first kappa shape index (κ1) is 22.8. The van der Waals surface area contributed by atoms with Crippen molar-refractivity contribution in [2.75, 3.05) is 46.4 Å². The molecule has 1 unspecified atom stereocenters. The predicted octanol–water partition coefficient (Wildman–Crippen LogP) is 2.26. The fourth-order valence-corrected chi connectivity index (χ4v) is 2.95. The van der Waals surface area contributed by atoms with Gasteiger partial charge in [-0.3, -0.25) is 9.79 Å². The number of amides is 1. The van der Waals surface area contributed by atoms with Crippen LogP contribution in [0.15, 0.2) is 21.7 Å². The van der Waals surface area contributed by atoms with Gasteiger partial charge in [-0.15, -0.1) is 24.0 Å². The van der Waals surface area contributed by atoms with E-state index in [0.29, 0.717) is 18.2 Å². The second-order valence-corrected chi connectivity index (χ2v) is 6.28. The van der Waals surface area contributed by atoms with Crippen molar-refractivity contribution >= 4 is 35.8 Å². The van der Waals surface area contributed by atoms with E-state index in [1.54, 1.807) is 13.1 Å². The van der Waals surface area contributed by atoms with Crippen molar-refractivity contribution in [2.45, 2.75) is 26.7 Å². The van der Waals surface area contributed by atoms with E-state index in [2.05, 4.69) is 20.5 Å². The van der Waals surface area contributed by atoms with E-state index in [1.165, 1.54) is 6.26 Å². The zero-order chi connectivity index (χ0) is 18.1. The van der Waals surface area contributed by atoms with Crippen LogP contribution in [-0.2, 0) is 4.74 Å². The number of guanidine groups is 1. The summed E-state index contributed by atoms with van der Waals surface area (Å²) in [4.78, 5) is 18.6. The van der Waals surface area contributed by atoms with Crippen LogP contribution in [0.4, 0.5) is 0 Å². The lowest BCUT2D eigenvalue weighted by Gasteiger charge is -2.21. The maximum atomic E-state index is 11.9. The Bertz CT molecular complexity index is 577. The topological polar surface area (TPSA) is 79.1 Å². The summed E-state index contributed by atoms with van der Waals surface area (Å²) in [7, 11) is 1.81. The van der Waals surface area contributed by atoms with Crippen LogP contribution in [0.1, 0.15) is 35.9 Å². The molecular formula is C18H31IN4O3. The lowest BCUT2D eigenvalue weighted by Crippen LogP contribution is -2.41. The molecule has 2 N–H and O–H groups in total. The van der Waals surface area contributed by atoms with Gasteiger partial charge in [0.2, 0.25) is 0 Å². The van der Waals surface area contributed by atoms with Crippen molar-refractivity contribution in [3.63, 3.8) is 0 Å². The maximum Gasteiger partial charge on any atom is 0.287 e. The molecule has 0 saturated carbocycles. The number of carbonyl (C=O) groups is 1. The zero-order valence-electron chi connectivity index (χ0n) is 15.9. The van der Waals surface area contributed by atoms with Gasteiger partial charge in [0.15, 0.2) is 11.7 Å². The highest BCUT2D eigenvalue weighted by atomic mass is 127. The van der Waals surface area contributed by atoms with Crippen molar-refractivity contribution < 1.29 is 13.9 Å². The van der Waals surface area contributed by atoms with Crippen LogP contribution < -0.4 is 10.6 Å². The summed E-state index contributed by atoms with van der Waals surface area (Å²) in [5, 5.41) is 6.24. The summed E-state index contributed by atoms with van der Waals surface area (Å²) in [6, 6.07) is 1.79. The number of hydrogen-bond donors (Lipinski definition) is 2. The van der Waals surface area contributed by atoms with Crippen molar-refractivity contribution in [3.8, 4) is 0 Å². The average Bonchev–Trinajstić information content (AvgIpc) is 3.25. The SMILES string of the molecule is CCOCC1CCN(C(=NC)NCCCNC(=O)c2occc2C)C1.I. The van der Waals surface area contributed by atoms with Crippen LogP contribution in [0.2, 0.25) is 0 Å².